The Labute approximate surface area is 219 Å². The number of anilines is 1. The van der Waals surface area contributed by atoms with Gasteiger partial charge in [0.2, 0.25) is 5.95 Å². The van der Waals surface area contributed by atoms with Crippen LogP contribution in [0.4, 0.5) is 10.3 Å². The molecule has 1 saturated heterocycles. The van der Waals surface area contributed by atoms with E-state index in [1.54, 1.807) is 22.8 Å². The highest BCUT2D eigenvalue weighted by Crippen LogP contribution is 2.30. The molecule has 2 aliphatic rings. The van der Waals surface area contributed by atoms with E-state index in [0.717, 1.165) is 55.6 Å². The van der Waals surface area contributed by atoms with Gasteiger partial charge in [0.25, 0.3) is 5.91 Å². The molecule has 9 nitrogen and oxygen atoms in total. The van der Waals surface area contributed by atoms with E-state index in [0.29, 0.717) is 41.4 Å². The molecule has 2 fully saturated rings. The van der Waals surface area contributed by atoms with Gasteiger partial charge in [-0.15, -0.1) is 0 Å². The first-order valence-electron chi connectivity index (χ1n) is 13.0. The summed E-state index contributed by atoms with van der Waals surface area (Å²) < 4.78 is 26.8. The van der Waals surface area contributed by atoms with Gasteiger partial charge in [-0.2, -0.15) is 19.6 Å². The SMILES string of the molecule is Cc1cc(-c2cnn3c(NCC4CCOCC4)nc(Oc4cccc(F)c4)nc23)ccc1C(=O)NC1CC1. The molecule has 1 aliphatic heterocycles. The molecule has 6 rings (SSSR count). The van der Waals surface area contributed by atoms with Crippen molar-refractivity contribution >= 4 is 17.5 Å². The van der Waals surface area contributed by atoms with Crippen LogP contribution in [0.2, 0.25) is 0 Å². The third-order valence-electron chi connectivity index (χ3n) is 6.94. The molecular formula is C28H29FN6O3. The Hall–Kier alpha value is -4.05. The van der Waals surface area contributed by atoms with Crippen molar-refractivity contribution in [3.05, 3.63) is 65.6 Å². The lowest BCUT2D eigenvalue weighted by Crippen LogP contribution is -2.26. The van der Waals surface area contributed by atoms with Gasteiger partial charge in [0, 0.05) is 43.0 Å². The Morgan fingerprint density at radius 1 is 1.13 bits per heavy atom. The Morgan fingerprint density at radius 3 is 2.74 bits per heavy atom. The number of aromatic nitrogens is 4. The zero-order chi connectivity index (χ0) is 26.1. The van der Waals surface area contributed by atoms with Crippen molar-refractivity contribution in [3.8, 4) is 22.9 Å². The molecule has 0 unspecified atom stereocenters. The third-order valence-corrected chi connectivity index (χ3v) is 6.94. The zero-order valence-corrected chi connectivity index (χ0v) is 21.1. The largest absolute Gasteiger partial charge is 0.424 e. The van der Waals surface area contributed by atoms with Crippen molar-refractivity contribution in [2.75, 3.05) is 25.1 Å². The number of aryl methyl sites for hydroxylation is 1. The van der Waals surface area contributed by atoms with E-state index in [9.17, 15) is 9.18 Å². The lowest BCUT2D eigenvalue weighted by Gasteiger charge is -2.22. The standard InChI is InChI=1S/C28H29FN6O3/c1-17-13-19(5-8-23(17)26(36)32-21-6-7-21)24-16-31-35-25(24)33-28(38-22-4-2-3-20(29)14-22)34-27(35)30-15-18-9-11-37-12-10-18/h2-5,8,13-14,16,18,21H,6-7,9-12,15H2,1H3,(H,32,36)(H,30,33,34). The maximum atomic E-state index is 13.8. The van der Waals surface area contributed by atoms with Gasteiger partial charge >= 0.3 is 6.01 Å². The maximum absolute atomic E-state index is 13.8. The molecule has 2 aromatic carbocycles. The van der Waals surface area contributed by atoms with Crippen molar-refractivity contribution in [2.45, 2.75) is 38.6 Å². The molecule has 1 saturated carbocycles. The van der Waals surface area contributed by atoms with E-state index < -0.39 is 5.82 Å². The van der Waals surface area contributed by atoms with Crippen LogP contribution >= 0.6 is 0 Å². The topological polar surface area (TPSA) is 103 Å². The van der Waals surface area contributed by atoms with E-state index in [-0.39, 0.29) is 11.9 Å². The molecule has 2 N–H and O–H groups in total. The normalized spacial score (nSPS) is 15.9. The molecule has 3 heterocycles. The summed E-state index contributed by atoms with van der Waals surface area (Å²) in [5, 5.41) is 11.0. The molecule has 0 spiro atoms. The van der Waals surface area contributed by atoms with E-state index in [1.807, 2.05) is 25.1 Å². The van der Waals surface area contributed by atoms with Crippen molar-refractivity contribution < 1.29 is 18.7 Å². The van der Waals surface area contributed by atoms with Crippen LogP contribution in [0, 0.1) is 18.7 Å². The number of fused-ring (bicyclic) bond motifs is 1. The Kier molecular flexibility index (Phi) is 6.63. The number of rotatable bonds is 8. The van der Waals surface area contributed by atoms with Crippen LogP contribution in [-0.2, 0) is 4.74 Å². The van der Waals surface area contributed by atoms with E-state index in [2.05, 4.69) is 25.7 Å². The van der Waals surface area contributed by atoms with Crippen LogP contribution in [0.3, 0.4) is 0 Å². The minimum Gasteiger partial charge on any atom is -0.424 e. The molecule has 0 bridgehead atoms. The van der Waals surface area contributed by atoms with Gasteiger partial charge in [-0.1, -0.05) is 18.2 Å². The molecule has 0 atom stereocenters. The summed E-state index contributed by atoms with van der Waals surface area (Å²) in [5.74, 6) is 0.772. The van der Waals surface area contributed by atoms with Crippen LogP contribution in [0.15, 0.2) is 48.7 Å². The highest BCUT2D eigenvalue weighted by atomic mass is 19.1. The summed E-state index contributed by atoms with van der Waals surface area (Å²) in [6.45, 7) is 4.12. The summed E-state index contributed by atoms with van der Waals surface area (Å²) in [7, 11) is 0. The maximum Gasteiger partial charge on any atom is 0.327 e. The lowest BCUT2D eigenvalue weighted by molar-refractivity contribution is 0.0699. The zero-order valence-electron chi connectivity index (χ0n) is 21.1. The van der Waals surface area contributed by atoms with Gasteiger partial charge in [0.05, 0.1) is 6.20 Å². The number of ether oxygens (including phenoxy) is 2. The second-order valence-corrected chi connectivity index (χ2v) is 9.90. The van der Waals surface area contributed by atoms with Crippen molar-refractivity contribution in [2.24, 2.45) is 5.92 Å². The van der Waals surface area contributed by atoms with Crippen LogP contribution in [0.1, 0.15) is 41.6 Å². The van der Waals surface area contributed by atoms with E-state index >= 15 is 0 Å². The molecule has 196 valence electrons. The Balaban J connectivity index is 1.35. The van der Waals surface area contributed by atoms with Crippen LogP contribution in [-0.4, -0.2) is 51.3 Å². The fraction of sp³-hybridized carbons (Fsp3) is 0.357. The van der Waals surface area contributed by atoms with Gasteiger partial charge < -0.3 is 20.1 Å². The van der Waals surface area contributed by atoms with Gasteiger partial charge in [-0.25, -0.2) is 4.39 Å². The van der Waals surface area contributed by atoms with Crippen molar-refractivity contribution in [1.82, 2.24) is 24.9 Å². The van der Waals surface area contributed by atoms with Crippen LogP contribution in [0.5, 0.6) is 11.8 Å². The van der Waals surface area contributed by atoms with Gasteiger partial charge in [0.1, 0.15) is 11.6 Å². The number of halogens is 1. The molecule has 1 amide bonds. The molecule has 2 aromatic heterocycles. The first kappa shape index (κ1) is 24.3. The summed E-state index contributed by atoms with van der Waals surface area (Å²) in [5.41, 5.74) is 3.69. The van der Waals surface area contributed by atoms with Gasteiger partial charge in [-0.3, -0.25) is 4.79 Å². The summed E-state index contributed by atoms with van der Waals surface area (Å²) >= 11 is 0. The van der Waals surface area contributed by atoms with Crippen LogP contribution in [0.25, 0.3) is 16.8 Å². The minimum atomic E-state index is -0.409. The lowest BCUT2D eigenvalue weighted by atomic mass is 10.0. The number of carbonyl (C=O) groups excluding carboxylic acids is 1. The Morgan fingerprint density at radius 2 is 1.97 bits per heavy atom. The predicted molar refractivity (Wildman–Crippen MR) is 140 cm³/mol. The fourth-order valence-electron chi connectivity index (χ4n) is 4.62. The highest BCUT2D eigenvalue weighted by molar-refractivity contribution is 5.97. The number of nitrogens with zero attached hydrogens (tertiary/aromatic N) is 4. The van der Waals surface area contributed by atoms with E-state index in [1.165, 1.54) is 12.1 Å². The molecule has 38 heavy (non-hydrogen) atoms. The average Bonchev–Trinajstić information content (AvgIpc) is 3.63. The summed E-state index contributed by atoms with van der Waals surface area (Å²) in [4.78, 5) is 21.8. The van der Waals surface area contributed by atoms with Crippen LogP contribution < -0.4 is 15.4 Å². The quantitative estimate of drug-likeness (QED) is 0.348. The Bertz CT molecular complexity index is 1480. The third kappa shape index (κ3) is 5.31. The van der Waals surface area contributed by atoms with Gasteiger partial charge in [0.15, 0.2) is 5.65 Å². The van der Waals surface area contributed by atoms with Crippen molar-refractivity contribution in [3.63, 3.8) is 0 Å². The number of amides is 1. The van der Waals surface area contributed by atoms with E-state index in [4.69, 9.17) is 9.47 Å². The number of nitrogens with one attached hydrogen (secondary N) is 2. The molecule has 4 aromatic rings. The highest BCUT2D eigenvalue weighted by Gasteiger charge is 2.25. The smallest absolute Gasteiger partial charge is 0.327 e. The summed E-state index contributed by atoms with van der Waals surface area (Å²) in [6.07, 6.45) is 5.75. The fourth-order valence-corrected chi connectivity index (χ4v) is 4.62. The molecule has 10 heteroatoms. The monoisotopic (exact) mass is 516 g/mol. The number of carbonyl (C=O) groups is 1. The minimum absolute atomic E-state index is 0.0517. The predicted octanol–water partition coefficient (Wildman–Crippen LogP) is 4.76. The molecule has 1 aliphatic carbocycles. The first-order valence-corrected chi connectivity index (χ1v) is 13.0. The second kappa shape index (κ2) is 10.4. The number of hydrogen-bond acceptors (Lipinski definition) is 7. The molecule has 0 radical (unpaired) electrons. The van der Waals surface area contributed by atoms with Crippen molar-refractivity contribution in [1.29, 1.82) is 0 Å². The van der Waals surface area contributed by atoms with Gasteiger partial charge in [-0.05, 0) is 67.9 Å². The first-order chi connectivity index (χ1) is 18.5. The average molecular weight is 517 g/mol. The number of hydrogen-bond donors (Lipinski definition) is 2. The molecular weight excluding hydrogens is 487 g/mol. The number of benzene rings is 2. The second-order valence-electron chi connectivity index (χ2n) is 9.90. The summed E-state index contributed by atoms with van der Waals surface area (Å²) in [6, 6.07) is 11.9.